The molecular weight excluding hydrogens is 262 g/mol. The van der Waals surface area contributed by atoms with Crippen LogP contribution in [0.5, 0.6) is 0 Å². The first-order valence-electron chi connectivity index (χ1n) is 6.29. The number of benzene rings is 1. The number of hydrogen-bond acceptors (Lipinski definition) is 4. The number of carbonyl (C=O) groups excluding carboxylic acids is 2. The Labute approximate surface area is 117 Å². The Hall–Kier alpha value is -1.49. The summed E-state index contributed by atoms with van der Waals surface area (Å²) >= 11 is 1.64. The van der Waals surface area contributed by atoms with E-state index in [9.17, 15) is 9.59 Å². The van der Waals surface area contributed by atoms with E-state index < -0.39 is 6.09 Å². The van der Waals surface area contributed by atoms with Crippen molar-refractivity contribution in [3.05, 3.63) is 30.3 Å². The highest BCUT2D eigenvalue weighted by Gasteiger charge is 2.33. The lowest BCUT2D eigenvalue weighted by molar-refractivity contribution is -0.131. The van der Waals surface area contributed by atoms with Gasteiger partial charge in [-0.2, -0.15) is 0 Å². The molecule has 2 amide bonds. The lowest BCUT2D eigenvalue weighted by atomic mass is 10.1. The second-order valence-corrected chi connectivity index (χ2v) is 5.98. The number of rotatable bonds is 4. The maximum absolute atomic E-state index is 12.2. The number of nitrogens with zero attached hydrogens (tertiary/aromatic N) is 1. The summed E-state index contributed by atoms with van der Waals surface area (Å²) in [6.45, 7) is 4.53. The van der Waals surface area contributed by atoms with E-state index in [4.69, 9.17) is 4.74 Å². The molecule has 4 nitrogen and oxygen atoms in total. The minimum Gasteiger partial charge on any atom is -0.447 e. The number of imide groups is 1. The zero-order chi connectivity index (χ0) is 13.8. The van der Waals surface area contributed by atoms with Gasteiger partial charge in [0.2, 0.25) is 5.91 Å². The highest BCUT2D eigenvalue weighted by atomic mass is 32.2. The first kappa shape index (κ1) is 13.9. The van der Waals surface area contributed by atoms with E-state index in [2.05, 4.69) is 0 Å². The number of ether oxygens (including phenoxy) is 1. The molecular formula is C14H17NO3S. The van der Waals surface area contributed by atoms with E-state index >= 15 is 0 Å². The molecule has 1 aliphatic rings. The van der Waals surface area contributed by atoms with Crippen molar-refractivity contribution in [2.45, 2.75) is 24.0 Å². The van der Waals surface area contributed by atoms with Crippen molar-refractivity contribution in [1.82, 2.24) is 4.90 Å². The summed E-state index contributed by atoms with van der Waals surface area (Å²) in [6.07, 6.45) is -0.520. The first-order valence-corrected chi connectivity index (χ1v) is 7.17. The van der Waals surface area contributed by atoms with Gasteiger partial charge < -0.3 is 4.74 Å². The van der Waals surface area contributed by atoms with E-state index in [0.29, 0.717) is 13.2 Å². The van der Waals surface area contributed by atoms with Gasteiger partial charge in [0, 0.05) is 16.1 Å². The van der Waals surface area contributed by atoms with Crippen molar-refractivity contribution in [3.8, 4) is 0 Å². The van der Waals surface area contributed by atoms with E-state index in [1.165, 1.54) is 4.90 Å². The molecule has 0 aromatic heterocycles. The second kappa shape index (κ2) is 6.10. The van der Waals surface area contributed by atoms with Crippen molar-refractivity contribution in [2.75, 3.05) is 13.2 Å². The fourth-order valence-electron chi connectivity index (χ4n) is 1.86. The van der Waals surface area contributed by atoms with E-state index in [1.807, 2.05) is 44.2 Å². The Morgan fingerprint density at radius 1 is 1.32 bits per heavy atom. The molecule has 1 aromatic carbocycles. The standard InChI is InChI=1S/C14H17NO3S/c1-10(13(16)15-8-9-18-14(15)17)11(2)19-12-6-4-3-5-7-12/h3-7,10-11H,8-9H2,1-2H3/t10-,11+/m1/s1. The van der Waals surface area contributed by atoms with Gasteiger partial charge in [0.05, 0.1) is 6.54 Å². The SMILES string of the molecule is C[C@H](Sc1ccccc1)[C@@H](C)C(=O)N1CCOC1=O. The number of hydrogen-bond donors (Lipinski definition) is 0. The number of amides is 2. The summed E-state index contributed by atoms with van der Waals surface area (Å²) in [6, 6.07) is 9.94. The molecule has 1 aliphatic heterocycles. The molecule has 0 N–H and O–H groups in total. The molecule has 2 atom stereocenters. The molecule has 0 radical (unpaired) electrons. The first-order chi connectivity index (χ1) is 9.09. The van der Waals surface area contributed by atoms with E-state index in [0.717, 1.165) is 4.90 Å². The minimum absolute atomic E-state index is 0.100. The second-order valence-electron chi connectivity index (χ2n) is 4.53. The Kier molecular flexibility index (Phi) is 4.47. The van der Waals surface area contributed by atoms with Crippen LogP contribution in [0.15, 0.2) is 35.2 Å². The van der Waals surface area contributed by atoms with Gasteiger partial charge in [0.25, 0.3) is 0 Å². The van der Waals surface area contributed by atoms with Crippen LogP contribution in [-0.4, -0.2) is 35.3 Å². The number of carbonyl (C=O) groups is 2. The van der Waals surface area contributed by atoms with Crippen LogP contribution in [0.4, 0.5) is 4.79 Å². The molecule has 1 fully saturated rings. The van der Waals surface area contributed by atoms with Gasteiger partial charge >= 0.3 is 6.09 Å². The van der Waals surface area contributed by atoms with Crippen LogP contribution in [0, 0.1) is 5.92 Å². The molecule has 1 heterocycles. The van der Waals surface area contributed by atoms with Crippen LogP contribution in [0.25, 0.3) is 0 Å². The zero-order valence-electron chi connectivity index (χ0n) is 11.0. The summed E-state index contributed by atoms with van der Waals surface area (Å²) < 4.78 is 4.79. The summed E-state index contributed by atoms with van der Waals surface area (Å²) in [5, 5.41) is 0.100. The van der Waals surface area contributed by atoms with Gasteiger partial charge in [0.15, 0.2) is 0 Å². The van der Waals surface area contributed by atoms with Crippen LogP contribution in [0.1, 0.15) is 13.8 Å². The van der Waals surface area contributed by atoms with Crippen LogP contribution >= 0.6 is 11.8 Å². The van der Waals surface area contributed by atoms with Gasteiger partial charge in [0.1, 0.15) is 6.61 Å². The highest BCUT2D eigenvalue weighted by Crippen LogP contribution is 2.29. The van der Waals surface area contributed by atoms with Crippen molar-refractivity contribution >= 4 is 23.8 Å². The van der Waals surface area contributed by atoms with Crippen LogP contribution in [0.2, 0.25) is 0 Å². The topological polar surface area (TPSA) is 46.6 Å². The maximum Gasteiger partial charge on any atom is 0.416 e. The lowest BCUT2D eigenvalue weighted by Gasteiger charge is -2.21. The maximum atomic E-state index is 12.2. The zero-order valence-corrected chi connectivity index (χ0v) is 11.9. The summed E-state index contributed by atoms with van der Waals surface area (Å²) in [4.78, 5) is 25.9. The van der Waals surface area contributed by atoms with E-state index in [-0.39, 0.29) is 17.1 Å². The fourth-order valence-corrected chi connectivity index (χ4v) is 2.92. The predicted octanol–water partition coefficient (Wildman–Crippen LogP) is 2.78. The summed E-state index contributed by atoms with van der Waals surface area (Å²) in [5.74, 6) is -0.380. The third-order valence-electron chi connectivity index (χ3n) is 3.19. The van der Waals surface area contributed by atoms with Crippen molar-refractivity contribution in [2.24, 2.45) is 5.92 Å². The number of cyclic esters (lactones) is 1. The smallest absolute Gasteiger partial charge is 0.416 e. The molecule has 1 aromatic rings. The molecule has 19 heavy (non-hydrogen) atoms. The van der Waals surface area contributed by atoms with Gasteiger partial charge in [-0.3, -0.25) is 4.79 Å². The molecule has 0 unspecified atom stereocenters. The average molecular weight is 279 g/mol. The number of thioether (sulfide) groups is 1. The lowest BCUT2D eigenvalue weighted by Crippen LogP contribution is -2.38. The normalized spacial score (nSPS) is 18.0. The largest absolute Gasteiger partial charge is 0.447 e. The monoisotopic (exact) mass is 279 g/mol. The highest BCUT2D eigenvalue weighted by molar-refractivity contribution is 8.00. The molecule has 0 bridgehead atoms. The molecule has 102 valence electrons. The van der Waals surface area contributed by atoms with Crippen LogP contribution in [0.3, 0.4) is 0 Å². The van der Waals surface area contributed by atoms with Gasteiger partial charge in [-0.1, -0.05) is 32.0 Å². The van der Waals surface area contributed by atoms with Gasteiger partial charge in [-0.05, 0) is 12.1 Å². The van der Waals surface area contributed by atoms with Crippen LogP contribution in [-0.2, 0) is 9.53 Å². The van der Waals surface area contributed by atoms with Crippen LogP contribution < -0.4 is 0 Å². The Balaban J connectivity index is 1.97. The van der Waals surface area contributed by atoms with Crippen molar-refractivity contribution < 1.29 is 14.3 Å². The predicted molar refractivity (Wildman–Crippen MR) is 74.0 cm³/mol. The molecule has 1 saturated heterocycles. The molecule has 0 aliphatic carbocycles. The molecule has 0 saturated carbocycles. The Morgan fingerprint density at radius 3 is 2.58 bits per heavy atom. The quantitative estimate of drug-likeness (QED) is 0.795. The Bertz CT molecular complexity index is 463. The molecule has 0 spiro atoms. The third-order valence-corrected chi connectivity index (χ3v) is 4.51. The Morgan fingerprint density at radius 2 is 2.00 bits per heavy atom. The summed E-state index contributed by atoms with van der Waals surface area (Å²) in [7, 11) is 0. The van der Waals surface area contributed by atoms with E-state index in [1.54, 1.807) is 11.8 Å². The minimum atomic E-state index is -0.520. The van der Waals surface area contributed by atoms with Gasteiger partial charge in [-0.25, -0.2) is 9.69 Å². The fraction of sp³-hybridized carbons (Fsp3) is 0.429. The molecule has 2 rings (SSSR count). The third kappa shape index (κ3) is 3.29. The van der Waals surface area contributed by atoms with Gasteiger partial charge in [-0.15, -0.1) is 11.8 Å². The summed E-state index contributed by atoms with van der Waals surface area (Å²) in [5.41, 5.74) is 0. The average Bonchev–Trinajstić information content (AvgIpc) is 2.84. The van der Waals surface area contributed by atoms with Crippen molar-refractivity contribution in [3.63, 3.8) is 0 Å². The molecule has 5 heteroatoms. The van der Waals surface area contributed by atoms with Crippen molar-refractivity contribution in [1.29, 1.82) is 0 Å².